The lowest BCUT2D eigenvalue weighted by atomic mass is 10.2. The third-order valence-electron chi connectivity index (χ3n) is 3.91. The summed E-state index contributed by atoms with van der Waals surface area (Å²) in [6, 6.07) is 24.4. The Kier molecular flexibility index (Phi) is 3.67. The van der Waals surface area contributed by atoms with Gasteiger partial charge in [0.1, 0.15) is 11.6 Å². The number of para-hydroxylation sites is 2. The quantitative estimate of drug-likeness (QED) is 0.539. The highest BCUT2D eigenvalue weighted by Gasteiger charge is 2.11. The maximum Gasteiger partial charge on any atom is 0.139 e. The van der Waals surface area contributed by atoms with Gasteiger partial charge in [0.05, 0.1) is 11.0 Å². The molecule has 116 valence electrons. The van der Waals surface area contributed by atoms with Crippen molar-refractivity contribution in [1.29, 1.82) is 0 Å². The number of imidazole rings is 1. The average molecular weight is 311 g/mol. The molecule has 0 saturated heterocycles. The lowest BCUT2D eigenvalue weighted by Gasteiger charge is -2.07. The van der Waals surface area contributed by atoms with Gasteiger partial charge in [-0.15, -0.1) is 0 Å². The first kappa shape index (κ1) is 14.4. The van der Waals surface area contributed by atoms with E-state index in [0.717, 1.165) is 33.9 Å². The summed E-state index contributed by atoms with van der Waals surface area (Å²) in [6.45, 7) is 2.00. The summed E-state index contributed by atoms with van der Waals surface area (Å²) in [4.78, 5) is 9.44. The van der Waals surface area contributed by atoms with Crippen molar-refractivity contribution in [3.8, 4) is 5.82 Å². The second-order valence-electron chi connectivity index (χ2n) is 5.68. The Labute approximate surface area is 140 Å². The van der Waals surface area contributed by atoms with Gasteiger partial charge in [-0.25, -0.2) is 9.97 Å². The van der Waals surface area contributed by atoms with Crippen LogP contribution in [0.3, 0.4) is 0 Å². The summed E-state index contributed by atoms with van der Waals surface area (Å²) in [5.41, 5.74) is 4.16. The van der Waals surface area contributed by atoms with E-state index in [1.807, 2.05) is 67.6 Å². The average Bonchev–Trinajstić information content (AvgIpc) is 2.99. The molecule has 3 heteroatoms. The Bertz CT molecular complexity index is 1010. The molecule has 4 rings (SSSR count). The van der Waals surface area contributed by atoms with Crippen LogP contribution in [0.1, 0.15) is 17.1 Å². The number of fused-ring (bicyclic) bond motifs is 1. The number of benzene rings is 2. The van der Waals surface area contributed by atoms with Crippen LogP contribution < -0.4 is 0 Å². The van der Waals surface area contributed by atoms with Gasteiger partial charge in [0.2, 0.25) is 0 Å². The van der Waals surface area contributed by atoms with Gasteiger partial charge < -0.3 is 0 Å². The lowest BCUT2D eigenvalue weighted by Crippen LogP contribution is -2.00. The van der Waals surface area contributed by atoms with Crippen LogP contribution in [0.25, 0.3) is 29.0 Å². The number of hydrogen-bond acceptors (Lipinski definition) is 2. The zero-order valence-corrected chi connectivity index (χ0v) is 13.4. The van der Waals surface area contributed by atoms with E-state index in [2.05, 4.69) is 33.8 Å². The van der Waals surface area contributed by atoms with Crippen LogP contribution in [0.15, 0.2) is 72.8 Å². The van der Waals surface area contributed by atoms with Crippen molar-refractivity contribution in [1.82, 2.24) is 14.5 Å². The van der Waals surface area contributed by atoms with Crippen molar-refractivity contribution >= 4 is 23.2 Å². The molecule has 0 fully saturated rings. The van der Waals surface area contributed by atoms with Gasteiger partial charge in [-0.05, 0) is 42.8 Å². The summed E-state index contributed by atoms with van der Waals surface area (Å²) in [7, 11) is 0. The number of rotatable bonds is 3. The van der Waals surface area contributed by atoms with E-state index in [-0.39, 0.29) is 0 Å². The Morgan fingerprint density at radius 1 is 0.750 bits per heavy atom. The largest absolute Gasteiger partial charge is 0.277 e. The van der Waals surface area contributed by atoms with Crippen molar-refractivity contribution in [3.05, 3.63) is 89.9 Å². The van der Waals surface area contributed by atoms with Crippen LogP contribution in [0.2, 0.25) is 0 Å². The molecule has 0 atom stereocenters. The minimum Gasteiger partial charge on any atom is -0.277 e. The van der Waals surface area contributed by atoms with Crippen LogP contribution in [0.5, 0.6) is 0 Å². The van der Waals surface area contributed by atoms with E-state index in [4.69, 9.17) is 4.98 Å². The van der Waals surface area contributed by atoms with Crippen LogP contribution in [-0.2, 0) is 0 Å². The lowest BCUT2D eigenvalue weighted by molar-refractivity contribution is 0.987. The second kappa shape index (κ2) is 6.13. The molecule has 0 N–H and O–H groups in total. The maximum atomic E-state index is 4.77. The predicted molar refractivity (Wildman–Crippen MR) is 99.0 cm³/mol. The van der Waals surface area contributed by atoms with E-state index in [1.54, 1.807) is 0 Å². The zero-order chi connectivity index (χ0) is 16.4. The molecular formula is C21H17N3. The molecule has 0 aliphatic carbocycles. The van der Waals surface area contributed by atoms with Gasteiger partial charge >= 0.3 is 0 Å². The zero-order valence-electron chi connectivity index (χ0n) is 13.4. The van der Waals surface area contributed by atoms with Crippen LogP contribution in [0.4, 0.5) is 0 Å². The molecule has 0 aliphatic rings. The summed E-state index contributed by atoms with van der Waals surface area (Å²) < 4.78 is 2.10. The first-order valence-corrected chi connectivity index (χ1v) is 7.96. The SMILES string of the molecule is Cc1cccc(-n2c(C=Cc3ccccc3)nc3ccccc32)n1. The van der Waals surface area contributed by atoms with E-state index in [0.29, 0.717) is 0 Å². The predicted octanol–water partition coefficient (Wildman–Crippen LogP) is 4.90. The normalized spacial score (nSPS) is 11.4. The van der Waals surface area contributed by atoms with Crippen molar-refractivity contribution in [2.24, 2.45) is 0 Å². The molecule has 0 unspecified atom stereocenters. The fourth-order valence-electron chi connectivity index (χ4n) is 2.79. The van der Waals surface area contributed by atoms with Crippen LogP contribution >= 0.6 is 0 Å². The molecule has 2 aromatic heterocycles. The summed E-state index contributed by atoms with van der Waals surface area (Å²) in [6.07, 6.45) is 4.12. The van der Waals surface area contributed by atoms with Gasteiger partial charge in [-0.3, -0.25) is 4.57 Å². The Morgan fingerprint density at radius 3 is 2.38 bits per heavy atom. The van der Waals surface area contributed by atoms with Crippen molar-refractivity contribution < 1.29 is 0 Å². The summed E-state index contributed by atoms with van der Waals surface area (Å²) >= 11 is 0. The third-order valence-corrected chi connectivity index (χ3v) is 3.91. The first-order chi connectivity index (χ1) is 11.8. The third kappa shape index (κ3) is 2.72. The highest BCUT2D eigenvalue weighted by atomic mass is 15.1. The minimum atomic E-state index is 0.873. The fraction of sp³-hybridized carbons (Fsp3) is 0.0476. The summed E-state index contributed by atoms with van der Waals surface area (Å²) in [5, 5.41) is 0. The Morgan fingerprint density at radius 2 is 1.54 bits per heavy atom. The van der Waals surface area contributed by atoms with Gasteiger partial charge in [-0.1, -0.05) is 54.6 Å². The topological polar surface area (TPSA) is 30.7 Å². The molecule has 2 heterocycles. The highest BCUT2D eigenvalue weighted by molar-refractivity contribution is 5.81. The molecule has 0 spiro atoms. The molecular weight excluding hydrogens is 294 g/mol. The number of hydrogen-bond donors (Lipinski definition) is 0. The highest BCUT2D eigenvalue weighted by Crippen LogP contribution is 2.22. The molecule has 2 aromatic carbocycles. The van der Waals surface area contributed by atoms with E-state index >= 15 is 0 Å². The number of pyridine rings is 1. The van der Waals surface area contributed by atoms with Crippen LogP contribution in [-0.4, -0.2) is 14.5 Å². The molecule has 0 saturated carbocycles. The monoisotopic (exact) mass is 311 g/mol. The fourth-order valence-corrected chi connectivity index (χ4v) is 2.79. The van der Waals surface area contributed by atoms with Gasteiger partial charge in [-0.2, -0.15) is 0 Å². The van der Waals surface area contributed by atoms with E-state index < -0.39 is 0 Å². The molecule has 24 heavy (non-hydrogen) atoms. The Balaban J connectivity index is 1.89. The second-order valence-corrected chi connectivity index (χ2v) is 5.68. The molecule has 0 bridgehead atoms. The van der Waals surface area contributed by atoms with Gasteiger partial charge in [0.15, 0.2) is 0 Å². The Hall–Kier alpha value is -3.20. The number of aryl methyl sites for hydroxylation is 1. The smallest absolute Gasteiger partial charge is 0.139 e. The van der Waals surface area contributed by atoms with Crippen LogP contribution in [0, 0.1) is 6.92 Å². The van der Waals surface area contributed by atoms with Crippen molar-refractivity contribution in [3.63, 3.8) is 0 Å². The maximum absolute atomic E-state index is 4.77. The number of nitrogens with zero attached hydrogens (tertiary/aromatic N) is 3. The molecule has 0 aliphatic heterocycles. The minimum absolute atomic E-state index is 0.873. The molecule has 0 radical (unpaired) electrons. The van der Waals surface area contributed by atoms with E-state index in [1.165, 1.54) is 0 Å². The van der Waals surface area contributed by atoms with E-state index in [9.17, 15) is 0 Å². The van der Waals surface area contributed by atoms with Crippen molar-refractivity contribution in [2.75, 3.05) is 0 Å². The van der Waals surface area contributed by atoms with Crippen molar-refractivity contribution in [2.45, 2.75) is 6.92 Å². The molecule has 3 nitrogen and oxygen atoms in total. The van der Waals surface area contributed by atoms with Gasteiger partial charge in [0.25, 0.3) is 0 Å². The number of aromatic nitrogens is 3. The molecule has 4 aromatic rings. The first-order valence-electron chi connectivity index (χ1n) is 7.96. The summed E-state index contributed by atoms with van der Waals surface area (Å²) in [5.74, 6) is 1.76. The molecule has 0 amide bonds. The van der Waals surface area contributed by atoms with Gasteiger partial charge in [0, 0.05) is 5.69 Å². The standard InChI is InChI=1S/C21H17N3/c1-16-8-7-13-20(22-16)24-19-12-6-5-11-18(19)23-21(24)15-14-17-9-3-2-4-10-17/h2-15H,1H3.